The maximum absolute atomic E-state index is 5.51. The van der Waals surface area contributed by atoms with Crippen molar-refractivity contribution in [1.82, 2.24) is 0 Å². The fourth-order valence-electron chi connectivity index (χ4n) is 0.492. The van der Waals surface area contributed by atoms with Crippen molar-refractivity contribution < 1.29 is 0 Å². The highest BCUT2D eigenvalue weighted by Gasteiger charge is 1.93. The summed E-state index contributed by atoms with van der Waals surface area (Å²) in [6, 6.07) is 0. The van der Waals surface area contributed by atoms with Gasteiger partial charge in [0, 0.05) is 11.9 Å². The zero-order chi connectivity index (χ0) is 10.3. The smallest absolute Gasteiger partial charge is 0.166 e. The average Bonchev–Trinajstić information content (AvgIpc) is 2.13. The standard InChI is InChI=1S/C9H14N4/c1-4-6-12-8(10)9(11)13-7(3)5-2/h4-6H,1-2,10-11H2,3H3/b9-8+,12-6-,13-7-. The Bertz CT molecular complexity index is 284. The number of allylic oxidation sites excluding steroid dienone is 2. The summed E-state index contributed by atoms with van der Waals surface area (Å²) < 4.78 is 0. The topological polar surface area (TPSA) is 76.8 Å². The van der Waals surface area contributed by atoms with Gasteiger partial charge in [-0.05, 0) is 13.0 Å². The van der Waals surface area contributed by atoms with Crippen molar-refractivity contribution in [3.63, 3.8) is 0 Å². The first-order valence-electron chi connectivity index (χ1n) is 3.69. The molecule has 4 N–H and O–H groups in total. The van der Waals surface area contributed by atoms with Gasteiger partial charge in [0.1, 0.15) is 0 Å². The molecule has 0 aliphatic carbocycles. The van der Waals surface area contributed by atoms with Crippen LogP contribution in [0.5, 0.6) is 0 Å². The second-order valence-corrected chi connectivity index (χ2v) is 2.24. The van der Waals surface area contributed by atoms with Crippen LogP contribution in [-0.2, 0) is 0 Å². The van der Waals surface area contributed by atoms with Crippen LogP contribution in [0.2, 0.25) is 0 Å². The number of hydrogen-bond donors (Lipinski definition) is 2. The van der Waals surface area contributed by atoms with E-state index in [1.54, 1.807) is 13.0 Å². The normalized spacial score (nSPS) is 14.1. The van der Waals surface area contributed by atoms with Crippen LogP contribution in [0.25, 0.3) is 0 Å². The van der Waals surface area contributed by atoms with Gasteiger partial charge in [-0.2, -0.15) is 0 Å². The average molecular weight is 178 g/mol. The Labute approximate surface area is 78.1 Å². The first-order valence-corrected chi connectivity index (χ1v) is 3.69. The summed E-state index contributed by atoms with van der Waals surface area (Å²) in [6.07, 6.45) is 4.53. The molecule has 0 saturated heterocycles. The minimum absolute atomic E-state index is 0.168. The van der Waals surface area contributed by atoms with E-state index in [1.807, 2.05) is 0 Å². The Morgan fingerprint density at radius 3 is 2.31 bits per heavy atom. The largest absolute Gasteiger partial charge is 0.381 e. The molecule has 0 aliphatic rings. The molecule has 4 nitrogen and oxygen atoms in total. The molecule has 0 rings (SSSR count). The minimum Gasteiger partial charge on any atom is -0.381 e. The van der Waals surface area contributed by atoms with Crippen molar-refractivity contribution in [3.8, 4) is 0 Å². The van der Waals surface area contributed by atoms with Crippen LogP contribution in [0.4, 0.5) is 0 Å². The predicted molar refractivity (Wildman–Crippen MR) is 57.4 cm³/mol. The molecular weight excluding hydrogens is 164 g/mol. The number of hydrogen-bond acceptors (Lipinski definition) is 4. The monoisotopic (exact) mass is 178 g/mol. The second kappa shape index (κ2) is 5.77. The molecule has 0 aromatic carbocycles. The third kappa shape index (κ3) is 4.58. The summed E-state index contributed by atoms with van der Waals surface area (Å²) in [7, 11) is 0. The fraction of sp³-hybridized carbons (Fsp3) is 0.111. The molecule has 0 unspecified atom stereocenters. The van der Waals surface area contributed by atoms with E-state index in [1.165, 1.54) is 12.3 Å². The Balaban J connectivity index is 4.71. The lowest BCUT2D eigenvalue weighted by molar-refractivity contribution is 1.10. The van der Waals surface area contributed by atoms with Crippen molar-refractivity contribution >= 4 is 11.9 Å². The van der Waals surface area contributed by atoms with Crippen molar-refractivity contribution in [2.75, 3.05) is 0 Å². The third-order valence-electron chi connectivity index (χ3n) is 1.17. The zero-order valence-electron chi connectivity index (χ0n) is 7.70. The molecule has 0 radical (unpaired) electrons. The first kappa shape index (κ1) is 11.2. The van der Waals surface area contributed by atoms with Crippen molar-refractivity contribution in [1.29, 1.82) is 0 Å². The summed E-state index contributed by atoms with van der Waals surface area (Å²) in [5.41, 5.74) is 11.7. The van der Waals surface area contributed by atoms with Crippen LogP contribution in [0.3, 0.4) is 0 Å². The molecule has 0 aromatic heterocycles. The summed E-state index contributed by atoms with van der Waals surface area (Å²) in [6.45, 7) is 8.75. The molecule has 4 heteroatoms. The molecule has 0 heterocycles. The molecule has 70 valence electrons. The van der Waals surface area contributed by atoms with Gasteiger partial charge in [-0.1, -0.05) is 19.2 Å². The van der Waals surface area contributed by atoms with Gasteiger partial charge in [0.25, 0.3) is 0 Å². The number of rotatable bonds is 4. The Morgan fingerprint density at radius 2 is 1.85 bits per heavy atom. The molecule has 0 atom stereocenters. The van der Waals surface area contributed by atoms with E-state index in [9.17, 15) is 0 Å². The molecule has 0 bridgehead atoms. The van der Waals surface area contributed by atoms with Gasteiger partial charge in [-0.25, -0.2) is 9.98 Å². The van der Waals surface area contributed by atoms with E-state index in [2.05, 4.69) is 23.1 Å². The molecule has 0 amide bonds. The van der Waals surface area contributed by atoms with Crippen LogP contribution < -0.4 is 11.5 Å². The summed E-state index contributed by atoms with van der Waals surface area (Å²) in [5.74, 6) is 0.344. The molecule has 13 heavy (non-hydrogen) atoms. The summed E-state index contributed by atoms with van der Waals surface area (Å²) in [4.78, 5) is 7.71. The Kier molecular flexibility index (Phi) is 4.95. The van der Waals surface area contributed by atoms with Gasteiger partial charge in [0.15, 0.2) is 11.6 Å². The van der Waals surface area contributed by atoms with Crippen LogP contribution in [0, 0.1) is 0 Å². The van der Waals surface area contributed by atoms with Crippen LogP contribution in [0.15, 0.2) is 46.9 Å². The SMILES string of the molecule is C=C\C=N/C(N)=C(N)/N=C(/C)C=C. The molecule has 0 aliphatic heterocycles. The van der Waals surface area contributed by atoms with Gasteiger partial charge in [-0.3, -0.25) is 0 Å². The number of nitrogens with two attached hydrogens (primary N) is 2. The van der Waals surface area contributed by atoms with E-state index < -0.39 is 0 Å². The van der Waals surface area contributed by atoms with Crippen LogP contribution in [0.1, 0.15) is 6.92 Å². The number of nitrogens with zero attached hydrogens (tertiary/aromatic N) is 2. The summed E-state index contributed by atoms with van der Waals surface area (Å²) in [5, 5.41) is 0. The fourth-order valence-corrected chi connectivity index (χ4v) is 0.492. The van der Waals surface area contributed by atoms with E-state index in [0.717, 1.165) is 0 Å². The van der Waals surface area contributed by atoms with Gasteiger partial charge in [0.05, 0.1) is 0 Å². The number of aliphatic imine (C=N–C) groups is 2. The van der Waals surface area contributed by atoms with Crippen LogP contribution in [-0.4, -0.2) is 11.9 Å². The minimum atomic E-state index is 0.168. The lowest BCUT2D eigenvalue weighted by atomic mass is 10.4. The first-order chi connectivity index (χ1) is 6.11. The van der Waals surface area contributed by atoms with Gasteiger partial charge in [0.2, 0.25) is 0 Å². The van der Waals surface area contributed by atoms with E-state index >= 15 is 0 Å². The van der Waals surface area contributed by atoms with Gasteiger partial charge in [-0.15, -0.1) is 0 Å². The van der Waals surface area contributed by atoms with Gasteiger partial charge < -0.3 is 11.5 Å². The van der Waals surface area contributed by atoms with Crippen molar-refractivity contribution in [3.05, 3.63) is 37.0 Å². The maximum Gasteiger partial charge on any atom is 0.166 e. The lowest BCUT2D eigenvalue weighted by Gasteiger charge is -1.97. The van der Waals surface area contributed by atoms with Crippen molar-refractivity contribution in [2.24, 2.45) is 21.5 Å². The Hall–Kier alpha value is -1.84. The highest BCUT2D eigenvalue weighted by Crippen LogP contribution is 1.95. The molecule has 0 saturated carbocycles. The van der Waals surface area contributed by atoms with Crippen molar-refractivity contribution in [2.45, 2.75) is 6.92 Å². The summed E-state index contributed by atoms with van der Waals surface area (Å²) >= 11 is 0. The highest BCUT2D eigenvalue weighted by atomic mass is 15.0. The maximum atomic E-state index is 5.51. The lowest BCUT2D eigenvalue weighted by Crippen LogP contribution is -2.07. The predicted octanol–water partition coefficient (Wildman–Crippen LogP) is 0.934. The quantitative estimate of drug-likeness (QED) is 0.628. The molecule has 0 spiro atoms. The zero-order valence-corrected chi connectivity index (χ0v) is 7.70. The van der Waals surface area contributed by atoms with Crippen LogP contribution >= 0.6 is 0 Å². The van der Waals surface area contributed by atoms with E-state index in [4.69, 9.17) is 11.5 Å². The van der Waals surface area contributed by atoms with E-state index in [-0.39, 0.29) is 11.6 Å². The second-order valence-electron chi connectivity index (χ2n) is 2.24. The molecule has 0 fully saturated rings. The molecular formula is C9H14N4. The highest BCUT2D eigenvalue weighted by molar-refractivity contribution is 5.92. The third-order valence-corrected chi connectivity index (χ3v) is 1.17. The Morgan fingerprint density at radius 1 is 1.23 bits per heavy atom. The van der Waals surface area contributed by atoms with E-state index in [0.29, 0.717) is 5.71 Å². The van der Waals surface area contributed by atoms with Gasteiger partial charge >= 0.3 is 0 Å². The molecule has 0 aromatic rings.